The van der Waals surface area contributed by atoms with Crippen LogP contribution in [0.1, 0.15) is 5.56 Å². The Hall–Kier alpha value is -4.09. The number of nitrogen functional groups attached to an aromatic ring is 2. The second-order valence-corrected chi connectivity index (χ2v) is 7.26. The molecule has 0 atom stereocenters. The predicted molar refractivity (Wildman–Crippen MR) is 131 cm³/mol. The number of nitrogens with one attached hydrogen (secondary N) is 3. The van der Waals surface area contributed by atoms with Gasteiger partial charge in [0.25, 0.3) is 0 Å². The Morgan fingerprint density at radius 2 is 1.53 bits per heavy atom. The van der Waals surface area contributed by atoms with Gasteiger partial charge in [-0.25, -0.2) is 0 Å². The highest BCUT2D eigenvalue weighted by atomic mass is 16.6. The molecule has 0 radical (unpaired) electrons. The van der Waals surface area contributed by atoms with Gasteiger partial charge in [0, 0.05) is 18.0 Å². The van der Waals surface area contributed by atoms with E-state index in [2.05, 4.69) is 20.6 Å². The van der Waals surface area contributed by atoms with Crippen LogP contribution in [0.3, 0.4) is 0 Å². The third-order valence-electron chi connectivity index (χ3n) is 4.88. The number of ether oxygens (including phenoxy) is 4. The Morgan fingerprint density at radius 1 is 0.824 bits per heavy atom. The molecule has 0 saturated heterocycles. The van der Waals surface area contributed by atoms with Crippen molar-refractivity contribution in [3.05, 3.63) is 48.0 Å². The Balaban J connectivity index is 1.58. The Kier molecular flexibility index (Phi) is 7.58. The second-order valence-electron chi connectivity index (χ2n) is 7.26. The van der Waals surface area contributed by atoms with Crippen LogP contribution in [0.4, 0.5) is 34.6 Å². The molecule has 2 aromatic carbocycles. The van der Waals surface area contributed by atoms with Crippen molar-refractivity contribution in [2.45, 2.75) is 0 Å². The largest absolute Gasteiger partial charge is 0.487 e. The summed E-state index contributed by atoms with van der Waals surface area (Å²) in [5.41, 5.74) is 14.3. The fraction of sp³-hybridized carbons (Fsp3) is 0.261. The van der Waals surface area contributed by atoms with E-state index in [9.17, 15) is 0 Å². The molecular weight excluding hydrogens is 438 g/mol. The van der Waals surface area contributed by atoms with Crippen LogP contribution in [0.15, 0.2) is 42.5 Å². The van der Waals surface area contributed by atoms with Gasteiger partial charge >= 0.3 is 0 Å². The van der Waals surface area contributed by atoms with E-state index in [1.165, 1.54) is 0 Å². The summed E-state index contributed by atoms with van der Waals surface area (Å²) >= 11 is 0. The molecule has 1 aromatic heterocycles. The van der Waals surface area contributed by atoms with Gasteiger partial charge in [0.2, 0.25) is 5.95 Å². The fourth-order valence-corrected chi connectivity index (χ4v) is 3.21. The van der Waals surface area contributed by atoms with Gasteiger partial charge in [0.1, 0.15) is 24.8 Å². The smallest absolute Gasteiger partial charge is 0.231 e. The molecule has 0 spiro atoms. The first-order chi connectivity index (χ1) is 16.6. The van der Waals surface area contributed by atoms with Crippen LogP contribution >= 0.6 is 0 Å². The summed E-state index contributed by atoms with van der Waals surface area (Å²) in [6.07, 6.45) is 1.10. The molecule has 7 N–H and O–H groups in total. The fourth-order valence-electron chi connectivity index (χ4n) is 3.21. The normalized spacial score (nSPS) is 14.4. The van der Waals surface area contributed by atoms with Crippen LogP contribution in [0.5, 0.6) is 11.5 Å². The Morgan fingerprint density at radius 3 is 2.26 bits per heavy atom. The predicted octanol–water partition coefficient (Wildman–Crippen LogP) is 2.93. The SMILES string of the molecule is N=Cc1c(N)nc(Nc2ccc3c(c2)OCCOCCOCCO3)nc1Nc1ccccc1N. The van der Waals surface area contributed by atoms with E-state index in [0.717, 1.165) is 6.21 Å². The van der Waals surface area contributed by atoms with Crippen LogP contribution in [-0.4, -0.2) is 55.8 Å². The second kappa shape index (κ2) is 11.2. The number of hydrogen-bond acceptors (Lipinski definition) is 11. The lowest BCUT2D eigenvalue weighted by molar-refractivity contribution is 0.0223. The summed E-state index contributed by atoms with van der Waals surface area (Å²) in [5, 5.41) is 14.0. The molecule has 11 nitrogen and oxygen atoms in total. The van der Waals surface area contributed by atoms with Gasteiger partial charge in [0.15, 0.2) is 11.5 Å². The van der Waals surface area contributed by atoms with Crippen molar-refractivity contribution in [3.63, 3.8) is 0 Å². The molecule has 4 rings (SSSR count). The van der Waals surface area contributed by atoms with Crippen LogP contribution in [0, 0.1) is 5.41 Å². The number of anilines is 6. The van der Waals surface area contributed by atoms with Crippen molar-refractivity contribution in [2.24, 2.45) is 0 Å². The Labute approximate surface area is 196 Å². The summed E-state index contributed by atoms with van der Waals surface area (Å²) in [7, 11) is 0. The van der Waals surface area contributed by atoms with Crippen molar-refractivity contribution in [1.82, 2.24) is 9.97 Å². The maximum absolute atomic E-state index is 7.72. The van der Waals surface area contributed by atoms with Crippen molar-refractivity contribution in [3.8, 4) is 11.5 Å². The summed E-state index contributed by atoms with van der Waals surface area (Å²) < 4.78 is 22.6. The summed E-state index contributed by atoms with van der Waals surface area (Å²) in [4.78, 5) is 8.79. The molecule has 0 fully saturated rings. The van der Waals surface area contributed by atoms with Crippen molar-refractivity contribution in [1.29, 1.82) is 5.41 Å². The van der Waals surface area contributed by atoms with Gasteiger partial charge in [-0.2, -0.15) is 9.97 Å². The zero-order valence-corrected chi connectivity index (χ0v) is 18.5. The van der Waals surface area contributed by atoms with Gasteiger partial charge in [0.05, 0.1) is 43.4 Å². The van der Waals surface area contributed by atoms with Crippen molar-refractivity contribution in [2.75, 3.05) is 61.7 Å². The van der Waals surface area contributed by atoms with E-state index in [1.54, 1.807) is 18.2 Å². The highest BCUT2D eigenvalue weighted by molar-refractivity contribution is 5.92. The average Bonchev–Trinajstić information content (AvgIpc) is 2.81. The number of nitrogens with zero attached hydrogens (tertiary/aromatic N) is 2. The lowest BCUT2D eigenvalue weighted by Crippen LogP contribution is -2.15. The molecule has 0 saturated carbocycles. The van der Waals surface area contributed by atoms with Crippen LogP contribution in [0.25, 0.3) is 0 Å². The molecule has 11 heteroatoms. The molecule has 1 aliphatic rings. The average molecular weight is 466 g/mol. The topological polar surface area (TPSA) is 163 Å². The van der Waals surface area contributed by atoms with E-state index in [4.69, 9.17) is 35.8 Å². The van der Waals surface area contributed by atoms with Gasteiger partial charge in [-0.15, -0.1) is 0 Å². The molecule has 3 aromatic rings. The van der Waals surface area contributed by atoms with E-state index in [0.29, 0.717) is 79.6 Å². The molecule has 0 amide bonds. The molecular formula is C23H27N7O4. The van der Waals surface area contributed by atoms with Gasteiger partial charge in [-0.3, -0.25) is 0 Å². The lowest BCUT2D eigenvalue weighted by atomic mass is 10.2. The van der Waals surface area contributed by atoms with Crippen molar-refractivity contribution < 1.29 is 18.9 Å². The highest BCUT2D eigenvalue weighted by Gasteiger charge is 2.14. The number of hydrogen-bond donors (Lipinski definition) is 5. The highest BCUT2D eigenvalue weighted by Crippen LogP contribution is 2.32. The molecule has 2 heterocycles. The minimum absolute atomic E-state index is 0.146. The van der Waals surface area contributed by atoms with Crippen LogP contribution in [0.2, 0.25) is 0 Å². The third kappa shape index (κ3) is 5.82. The minimum atomic E-state index is 0.146. The summed E-state index contributed by atoms with van der Waals surface area (Å²) in [5.74, 6) is 1.88. The van der Waals surface area contributed by atoms with Gasteiger partial charge < -0.3 is 46.5 Å². The molecule has 0 bridgehead atoms. The first-order valence-corrected chi connectivity index (χ1v) is 10.8. The zero-order valence-electron chi connectivity index (χ0n) is 18.5. The number of fused-ring (bicyclic) bond motifs is 1. The number of benzene rings is 2. The third-order valence-corrected chi connectivity index (χ3v) is 4.88. The monoisotopic (exact) mass is 465 g/mol. The number of aromatic nitrogens is 2. The van der Waals surface area contributed by atoms with Gasteiger partial charge in [-0.05, 0) is 24.3 Å². The maximum atomic E-state index is 7.72. The molecule has 34 heavy (non-hydrogen) atoms. The number of rotatable bonds is 5. The standard InChI is InChI=1S/C23H27N7O4/c24-14-16-21(26)29-23(30-22(16)28-18-4-2-1-3-17(18)25)27-15-5-6-19-20(13-15)34-12-10-32-8-7-31-9-11-33-19/h1-6,13-14,24H,7-12,25H2,(H4,26,27,28,29,30). The first-order valence-electron chi connectivity index (χ1n) is 10.8. The molecule has 1 aliphatic heterocycles. The van der Waals surface area contributed by atoms with E-state index in [1.807, 2.05) is 24.3 Å². The van der Waals surface area contributed by atoms with Crippen LogP contribution < -0.4 is 31.6 Å². The Bertz CT molecular complexity index is 1140. The molecule has 0 unspecified atom stereocenters. The van der Waals surface area contributed by atoms with E-state index < -0.39 is 0 Å². The molecule has 178 valence electrons. The molecule has 0 aliphatic carbocycles. The lowest BCUT2D eigenvalue weighted by Gasteiger charge is -2.17. The first kappa shape index (κ1) is 23.1. The van der Waals surface area contributed by atoms with Crippen molar-refractivity contribution >= 4 is 40.9 Å². The van der Waals surface area contributed by atoms with E-state index >= 15 is 0 Å². The summed E-state index contributed by atoms with van der Waals surface area (Å²) in [6, 6.07) is 12.6. The van der Waals surface area contributed by atoms with E-state index in [-0.39, 0.29) is 11.8 Å². The summed E-state index contributed by atoms with van der Waals surface area (Å²) in [6.45, 7) is 2.68. The maximum Gasteiger partial charge on any atom is 0.231 e. The number of para-hydroxylation sites is 2. The zero-order chi connectivity index (χ0) is 23.8. The number of nitrogens with two attached hydrogens (primary N) is 2. The minimum Gasteiger partial charge on any atom is -0.487 e. The quantitative estimate of drug-likeness (QED) is 0.280. The van der Waals surface area contributed by atoms with Crippen LogP contribution in [-0.2, 0) is 9.47 Å². The van der Waals surface area contributed by atoms with Gasteiger partial charge in [-0.1, -0.05) is 12.1 Å².